The molecule has 1 fully saturated rings. The zero-order valence-corrected chi connectivity index (χ0v) is 8.45. The predicted molar refractivity (Wildman–Crippen MR) is 51.2 cm³/mol. The molecule has 12 heavy (non-hydrogen) atoms. The molecule has 1 aliphatic rings. The fourth-order valence-corrected chi connectivity index (χ4v) is 2.18. The van der Waals surface area contributed by atoms with Crippen molar-refractivity contribution in [2.75, 3.05) is 6.54 Å². The molecule has 2 nitrogen and oxygen atoms in total. The highest BCUT2D eigenvalue weighted by Crippen LogP contribution is 2.23. The van der Waals surface area contributed by atoms with E-state index in [1.54, 1.807) is 0 Å². The molecule has 0 aromatic rings. The van der Waals surface area contributed by atoms with E-state index < -0.39 is 0 Å². The monoisotopic (exact) mass is 171 g/mol. The summed E-state index contributed by atoms with van der Waals surface area (Å²) in [7, 11) is 0. The molecule has 0 bridgehead atoms. The van der Waals surface area contributed by atoms with Crippen molar-refractivity contribution < 1.29 is 5.11 Å². The van der Waals surface area contributed by atoms with E-state index in [2.05, 4.69) is 18.7 Å². The molecule has 0 amide bonds. The Morgan fingerprint density at radius 3 is 2.58 bits per heavy atom. The van der Waals surface area contributed by atoms with Gasteiger partial charge in [-0.3, -0.25) is 4.90 Å². The number of hydrogen-bond acceptors (Lipinski definition) is 2. The normalized spacial score (nSPS) is 28.2. The fraction of sp³-hybridized carbons (Fsp3) is 1.00. The molecule has 1 heterocycles. The molecule has 72 valence electrons. The minimum absolute atomic E-state index is 0.144. The predicted octanol–water partition coefficient (Wildman–Crippen LogP) is 1.63. The lowest BCUT2D eigenvalue weighted by atomic mass is 10.1. The van der Waals surface area contributed by atoms with E-state index in [0.29, 0.717) is 12.1 Å². The zero-order valence-electron chi connectivity index (χ0n) is 8.45. The van der Waals surface area contributed by atoms with Crippen LogP contribution in [0.25, 0.3) is 0 Å². The van der Waals surface area contributed by atoms with Gasteiger partial charge in [-0.15, -0.1) is 0 Å². The summed E-state index contributed by atoms with van der Waals surface area (Å²) in [5.41, 5.74) is 0. The lowest BCUT2D eigenvalue weighted by Gasteiger charge is -2.28. The number of aliphatic hydroxyl groups excluding tert-OH is 1. The van der Waals surface area contributed by atoms with Gasteiger partial charge >= 0.3 is 0 Å². The van der Waals surface area contributed by atoms with Gasteiger partial charge in [-0.1, -0.05) is 0 Å². The molecule has 0 radical (unpaired) electrons. The molecule has 1 rings (SSSR count). The van der Waals surface area contributed by atoms with Gasteiger partial charge in [0.2, 0.25) is 0 Å². The van der Waals surface area contributed by atoms with Gasteiger partial charge in [0, 0.05) is 12.1 Å². The third-order valence-electron chi connectivity index (χ3n) is 2.70. The second kappa shape index (κ2) is 4.24. The van der Waals surface area contributed by atoms with E-state index in [4.69, 9.17) is 0 Å². The smallest absolute Gasteiger partial charge is 0.0527 e. The van der Waals surface area contributed by atoms with Crippen LogP contribution in [0.2, 0.25) is 0 Å². The standard InChI is InChI=1S/C10H21NO/c1-8(2)11-6-4-5-10(11)7-9(3)12/h8-10,12H,4-7H2,1-3H3. The number of nitrogens with zero attached hydrogens (tertiary/aromatic N) is 1. The van der Waals surface area contributed by atoms with Crippen LogP contribution in [-0.4, -0.2) is 34.7 Å². The van der Waals surface area contributed by atoms with Gasteiger partial charge in [-0.2, -0.15) is 0 Å². The summed E-state index contributed by atoms with van der Waals surface area (Å²) in [6.45, 7) is 7.58. The van der Waals surface area contributed by atoms with E-state index in [9.17, 15) is 5.11 Å². The Morgan fingerprint density at radius 1 is 1.42 bits per heavy atom. The van der Waals surface area contributed by atoms with Crippen molar-refractivity contribution in [1.82, 2.24) is 4.90 Å². The third-order valence-corrected chi connectivity index (χ3v) is 2.70. The van der Waals surface area contributed by atoms with Gasteiger partial charge in [-0.25, -0.2) is 0 Å². The first-order valence-corrected chi connectivity index (χ1v) is 5.05. The van der Waals surface area contributed by atoms with Crippen LogP contribution in [0, 0.1) is 0 Å². The summed E-state index contributed by atoms with van der Waals surface area (Å²) in [5, 5.41) is 9.29. The van der Waals surface area contributed by atoms with E-state index in [1.165, 1.54) is 19.4 Å². The van der Waals surface area contributed by atoms with Crippen molar-refractivity contribution in [3.05, 3.63) is 0 Å². The van der Waals surface area contributed by atoms with Crippen LogP contribution >= 0.6 is 0 Å². The first-order chi connectivity index (χ1) is 5.61. The maximum absolute atomic E-state index is 9.29. The van der Waals surface area contributed by atoms with Crippen LogP contribution in [0.3, 0.4) is 0 Å². The van der Waals surface area contributed by atoms with Crippen LogP contribution in [0.15, 0.2) is 0 Å². The Balaban J connectivity index is 2.41. The SMILES string of the molecule is CC(O)CC1CCCN1C(C)C. The van der Waals surface area contributed by atoms with Gasteiger partial charge in [0.05, 0.1) is 6.10 Å². The summed E-state index contributed by atoms with van der Waals surface area (Å²) >= 11 is 0. The van der Waals surface area contributed by atoms with Crippen LogP contribution in [0.1, 0.15) is 40.0 Å². The maximum Gasteiger partial charge on any atom is 0.0527 e. The van der Waals surface area contributed by atoms with Crippen LogP contribution in [0.5, 0.6) is 0 Å². The van der Waals surface area contributed by atoms with Gasteiger partial charge < -0.3 is 5.11 Å². The molecule has 2 heteroatoms. The van der Waals surface area contributed by atoms with E-state index in [0.717, 1.165) is 6.42 Å². The van der Waals surface area contributed by atoms with E-state index >= 15 is 0 Å². The molecule has 0 aromatic heterocycles. The summed E-state index contributed by atoms with van der Waals surface area (Å²) in [5.74, 6) is 0. The van der Waals surface area contributed by atoms with Crippen LogP contribution in [-0.2, 0) is 0 Å². The second-order valence-corrected chi connectivity index (χ2v) is 4.21. The lowest BCUT2D eigenvalue weighted by Crippen LogP contribution is -2.37. The van der Waals surface area contributed by atoms with Crippen molar-refractivity contribution in [2.45, 2.75) is 58.2 Å². The van der Waals surface area contributed by atoms with Crippen LogP contribution < -0.4 is 0 Å². The summed E-state index contributed by atoms with van der Waals surface area (Å²) in [6, 6.07) is 1.27. The van der Waals surface area contributed by atoms with Crippen molar-refractivity contribution in [1.29, 1.82) is 0 Å². The largest absolute Gasteiger partial charge is 0.393 e. The Hall–Kier alpha value is -0.0800. The molecule has 0 saturated carbocycles. The van der Waals surface area contributed by atoms with Gasteiger partial charge in [-0.05, 0) is 46.6 Å². The number of aliphatic hydroxyl groups is 1. The topological polar surface area (TPSA) is 23.5 Å². The number of likely N-dealkylation sites (tertiary alicyclic amines) is 1. The average Bonchev–Trinajstić information content (AvgIpc) is 2.33. The highest BCUT2D eigenvalue weighted by atomic mass is 16.3. The Kier molecular flexibility index (Phi) is 3.53. The van der Waals surface area contributed by atoms with Crippen molar-refractivity contribution in [3.8, 4) is 0 Å². The van der Waals surface area contributed by atoms with Gasteiger partial charge in [0.25, 0.3) is 0 Å². The van der Waals surface area contributed by atoms with Crippen molar-refractivity contribution in [2.24, 2.45) is 0 Å². The first kappa shape index (κ1) is 10.0. The maximum atomic E-state index is 9.29. The first-order valence-electron chi connectivity index (χ1n) is 5.05. The Morgan fingerprint density at radius 2 is 2.08 bits per heavy atom. The van der Waals surface area contributed by atoms with Crippen molar-refractivity contribution in [3.63, 3.8) is 0 Å². The van der Waals surface area contributed by atoms with Gasteiger partial charge in [0.1, 0.15) is 0 Å². The summed E-state index contributed by atoms with van der Waals surface area (Å²) < 4.78 is 0. The average molecular weight is 171 g/mol. The molecule has 0 aromatic carbocycles. The second-order valence-electron chi connectivity index (χ2n) is 4.21. The lowest BCUT2D eigenvalue weighted by molar-refractivity contribution is 0.119. The highest BCUT2D eigenvalue weighted by molar-refractivity contribution is 4.82. The van der Waals surface area contributed by atoms with Crippen molar-refractivity contribution >= 4 is 0 Å². The molecule has 0 aliphatic carbocycles. The summed E-state index contributed by atoms with van der Waals surface area (Å²) in [4.78, 5) is 2.51. The Labute approximate surface area is 75.6 Å². The van der Waals surface area contributed by atoms with Gasteiger partial charge in [0.15, 0.2) is 0 Å². The molecule has 1 saturated heterocycles. The quantitative estimate of drug-likeness (QED) is 0.697. The molecular formula is C10H21NO. The molecular weight excluding hydrogens is 150 g/mol. The summed E-state index contributed by atoms with van der Waals surface area (Å²) in [6.07, 6.45) is 3.37. The van der Waals surface area contributed by atoms with E-state index in [1.807, 2.05) is 6.92 Å². The number of rotatable bonds is 3. The number of hydrogen-bond donors (Lipinski definition) is 1. The highest BCUT2D eigenvalue weighted by Gasteiger charge is 2.26. The van der Waals surface area contributed by atoms with Crippen LogP contribution in [0.4, 0.5) is 0 Å². The molecule has 0 spiro atoms. The van der Waals surface area contributed by atoms with E-state index in [-0.39, 0.29) is 6.10 Å². The fourth-order valence-electron chi connectivity index (χ4n) is 2.18. The third kappa shape index (κ3) is 2.46. The Bertz CT molecular complexity index is 134. The molecule has 1 N–H and O–H groups in total. The zero-order chi connectivity index (χ0) is 9.14. The minimum Gasteiger partial charge on any atom is -0.393 e. The minimum atomic E-state index is -0.144. The molecule has 2 atom stereocenters. The molecule has 1 aliphatic heterocycles. The molecule has 2 unspecified atom stereocenters.